The zero-order chi connectivity index (χ0) is 22.4. The first-order valence-corrected chi connectivity index (χ1v) is 10.3. The van der Waals surface area contributed by atoms with E-state index in [-0.39, 0.29) is 5.92 Å². The molecule has 0 spiro atoms. The number of aromatic nitrogens is 6. The number of anilines is 1. The zero-order valence-electron chi connectivity index (χ0n) is 18.1. The third kappa shape index (κ3) is 3.11. The van der Waals surface area contributed by atoms with Gasteiger partial charge in [0.05, 0.1) is 58.1 Å². The average molecular weight is 422 g/mol. The van der Waals surface area contributed by atoms with Crippen LogP contribution in [0.4, 0.5) is 5.69 Å². The topological polar surface area (TPSA) is 103 Å². The average Bonchev–Trinajstić information content (AvgIpc) is 3.51. The Kier molecular flexibility index (Phi) is 4.52. The molecule has 0 aliphatic carbocycles. The van der Waals surface area contributed by atoms with Gasteiger partial charge >= 0.3 is 0 Å². The Morgan fingerprint density at radius 1 is 1.09 bits per heavy atom. The molecule has 0 radical (unpaired) electrons. The monoisotopic (exact) mass is 422 g/mol. The molecule has 158 valence electrons. The molecule has 32 heavy (non-hydrogen) atoms. The van der Waals surface area contributed by atoms with Crippen LogP contribution in [0.5, 0.6) is 0 Å². The molecule has 0 aliphatic heterocycles. The lowest BCUT2D eigenvalue weighted by Crippen LogP contribution is -2.02. The third-order valence-electron chi connectivity index (χ3n) is 5.51. The van der Waals surface area contributed by atoms with Crippen LogP contribution < -0.4 is 5.73 Å². The van der Waals surface area contributed by atoms with Gasteiger partial charge in [-0.1, -0.05) is 19.9 Å². The molecular formula is C24H22N8. The quantitative estimate of drug-likeness (QED) is 0.438. The van der Waals surface area contributed by atoms with Crippen LogP contribution >= 0.6 is 0 Å². The molecule has 3 heterocycles. The molecule has 0 unspecified atom stereocenters. The summed E-state index contributed by atoms with van der Waals surface area (Å²) in [5.41, 5.74) is 12.8. The number of aryl methyl sites for hydroxylation is 1. The van der Waals surface area contributed by atoms with E-state index in [2.05, 4.69) is 36.1 Å². The Bertz CT molecular complexity index is 1490. The summed E-state index contributed by atoms with van der Waals surface area (Å²) < 4.78 is 5.65. The van der Waals surface area contributed by atoms with Gasteiger partial charge in [-0.3, -0.25) is 4.68 Å². The largest absolute Gasteiger partial charge is 0.397 e. The first kappa shape index (κ1) is 19.6. The zero-order valence-corrected chi connectivity index (χ0v) is 18.1. The van der Waals surface area contributed by atoms with Gasteiger partial charge in [0, 0.05) is 30.4 Å². The van der Waals surface area contributed by atoms with Crippen molar-refractivity contribution in [2.24, 2.45) is 7.05 Å². The van der Waals surface area contributed by atoms with Crippen LogP contribution in [0.3, 0.4) is 0 Å². The number of nitriles is 1. The van der Waals surface area contributed by atoms with Crippen molar-refractivity contribution in [1.29, 1.82) is 5.26 Å². The Morgan fingerprint density at radius 3 is 2.62 bits per heavy atom. The van der Waals surface area contributed by atoms with Gasteiger partial charge in [0.15, 0.2) is 0 Å². The Morgan fingerprint density at radius 2 is 1.94 bits per heavy atom. The van der Waals surface area contributed by atoms with Gasteiger partial charge in [-0.05, 0) is 36.2 Å². The van der Waals surface area contributed by atoms with Gasteiger partial charge < -0.3 is 10.3 Å². The summed E-state index contributed by atoms with van der Waals surface area (Å²) in [5, 5.41) is 19.4. The number of imidazole rings is 1. The minimum absolute atomic E-state index is 0.195. The van der Waals surface area contributed by atoms with Crippen LogP contribution in [-0.2, 0) is 7.05 Å². The van der Waals surface area contributed by atoms with Gasteiger partial charge in [-0.25, -0.2) is 9.67 Å². The first-order chi connectivity index (χ1) is 15.5. The van der Waals surface area contributed by atoms with E-state index >= 15 is 0 Å². The lowest BCUT2D eigenvalue weighted by Gasteiger charge is -2.09. The molecule has 0 amide bonds. The number of benzene rings is 2. The van der Waals surface area contributed by atoms with E-state index in [1.807, 2.05) is 53.2 Å². The number of hydrogen-bond donors (Lipinski definition) is 1. The van der Waals surface area contributed by atoms with Gasteiger partial charge in [0.1, 0.15) is 0 Å². The van der Waals surface area contributed by atoms with Crippen LogP contribution in [0, 0.1) is 11.3 Å². The smallest absolute Gasteiger partial charge is 0.0999 e. The SMILES string of the molecule is CC(C)c1nn(-c2ccc(C#N)cc2N)c2cccc(-n3cnc(-c4cnn(C)c4)c3)c12. The summed E-state index contributed by atoms with van der Waals surface area (Å²) >= 11 is 0. The van der Waals surface area contributed by atoms with Crippen LogP contribution in [0.15, 0.2) is 61.3 Å². The molecule has 8 heteroatoms. The molecule has 0 saturated carbocycles. The maximum absolute atomic E-state index is 9.18. The Balaban J connectivity index is 1.71. The Labute approximate surface area is 185 Å². The predicted molar refractivity (Wildman–Crippen MR) is 124 cm³/mol. The molecule has 0 bridgehead atoms. The van der Waals surface area contributed by atoms with Crippen molar-refractivity contribution in [3.05, 3.63) is 72.6 Å². The number of hydrogen-bond acceptors (Lipinski definition) is 5. The second kappa shape index (κ2) is 7.39. The molecule has 0 fully saturated rings. The number of nitrogens with zero attached hydrogens (tertiary/aromatic N) is 7. The second-order valence-electron chi connectivity index (χ2n) is 8.08. The third-order valence-corrected chi connectivity index (χ3v) is 5.51. The predicted octanol–water partition coefficient (Wildman–Crippen LogP) is 4.19. The van der Waals surface area contributed by atoms with E-state index in [1.165, 1.54) is 0 Å². The fourth-order valence-corrected chi connectivity index (χ4v) is 3.96. The lowest BCUT2D eigenvalue weighted by atomic mass is 10.0. The van der Waals surface area contributed by atoms with Gasteiger partial charge in [0.25, 0.3) is 0 Å². The lowest BCUT2D eigenvalue weighted by molar-refractivity contribution is 0.768. The van der Waals surface area contributed by atoms with Crippen molar-refractivity contribution >= 4 is 16.6 Å². The second-order valence-corrected chi connectivity index (χ2v) is 8.08. The number of rotatable bonds is 4. The summed E-state index contributed by atoms with van der Waals surface area (Å²) in [7, 11) is 1.89. The van der Waals surface area contributed by atoms with Crippen LogP contribution in [0.25, 0.3) is 33.5 Å². The van der Waals surface area contributed by atoms with E-state index < -0.39 is 0 Å². The molecular weight excluding hydrogens is 400 g/mol. The maximum atomic E-state index is 9.18. The standard InChI is InChI=1S/C24H22N8/c1-15(2)24-23-21(31-13-19(27-14-31)17-11-28-30(3)12-17)5-4-6-22(23)32(29-24)20-8-7-16(10-25)9-18(20)26/h4-9,11-15H,26H2,1-3H3. The van der Waals surface area contributed by atoms with E-state index in [0.717, 1.165) is 39.2 Å². The van der Waals surface area contributed by atoms with Crippen LogP contribution in [0.1, 0.15) is 31.0 Å². The van der Waals surface area contributed by atoms with E-state index in [4.69, 9.17) is 10.8 Å². The summed E-state index contributed by atoms with van der Waals surface area (Å²) in [6.45, 7) is 4.25. The van der Waals surface area contributed by atoms with Crippen molar-refractivity contribution in [2.75, 3.05) is 5.73 Å². The molecule has 5 rings (SSSR count). The van der Waals surface area contributed by atoms with Crippen molar-refractivity contribution in [2.45, 2.75) is 19.8 Å². The minimum atomic E-state index is 0.195. The fraction of sp³-hybridized carbons (Fsp3) is 0.167. The van der Waals surface area contributed by atoms with Gasteiger partial charge in [-0.15, -0.1) is 0 Å². The fourth-order valence-electron chi connectivity index (χ4n) is 3.96. The summed E-state index contributed by atoms with van der Waals surface area (Å²) in [6, 6.07) is 13.5. The molecule has 5 aromatic rings. The molecule has 0 aliphatic rings. The van der Waals surface area contributed by atoms with Gasteiger partial charge in [0.2, 0.25) is 0 Å². The van der Waals surface area contributed by atoms with E-state index in [0.29, 0.717) is 11.3 Å². The van der Waals surface area contributed by atoms with Crippen molar-refractivity contribution < 1.29 is 0 Å². The normalized spacial score (nSPS) is 11.3. The summed E-state index contributed by atoms with van der Waals surface area (Å²) in [5.74, 6) is 0.195. The number of nitrogens with two attached hydrogens (primary N) is 1. The van der Waals surface area contributed by atoms with Crippen LogP contribution in [0.2, 0.25) is 0 Å². The number of fused-ring (bicyclic) bond motifs is 1. The minimum Gasteiger partial charge on any atom is -0.397 e. The molecule has 2 aromatic carbocycles. The molecule has 0 atom stereocenters. The van der Waals surface area contributed by atoms with Crippen molar-refractivity contribution in [1.82, 2.24) is 29.1 Å². The highest BCUT2D eigenvalue weighted by Gasteiger charge is 2.20. The maximum Gasteiger partial charge on any atom is 0.0999 e. The Hall–Kier alpha value is -4.38. The summed E-state index contributed by atoms with van der Waals surface area (Å²) in [4.78, 5) is 4.59. The molecule has 8 nitrogen and oxygen atoms in total. The van der Waals surface area contributed by atoms with Crippen molar-refractivity contribution in [3.8, 4) is 28.7 Å². The van der Waals surface area contributed by atoms with E-state index in [9.17, 15) is 5.26 Å². The highest BCUT2D eigenvalue weighted by Crippen LogP contribution is 2.34. The molecule has 2 N–H and O–H groups in total. The van der Waals surface area contributed by atoms with E-state index in [1.54, 1.807) is 23.0 Å². The first-order valence-electron chi connectivity index (χ1n) is 10.3. The van der Waals surface area contributed by atoms with Crippen molar-refractivity contribution in [3.63, 3.8) is 0 Å². The summed E-state index contributed by atoms with van der Waals surface area (Å²) in [6.07, 6.45) is 7.56. The highest BCUT2D eigenvalue weighted by atomic mass is 15.3. The number of nitrogen functional groups attached to an aromatic ring is 1. The van der Waals surface area contributed by atoms with Gasteiger partial charge in [-0.2, -0.15) is 15.5 Å². The van der Waals surface area contributed by atoms with Crippen LogP contribution in [-0.4, -0.2) is 29.1 Å². The highest BCUT2D eigenvalue weighted by molar-refractivity contribution is 5.92. The molecule has 3 aromatic heterocycles. The molecule has 0 saturated heterocycles.